The maximum atomic E-state index is 6.27. The van der Waals surface area contributed by atoms with Crippen molar-refractivity contribution in [1.82, 2.24) is 20.1 Å². The van der Waals surface area contributed by atoms with Gasteiger partial charge in [0.2, 0.25) is 0 Å². The van der Waals surface area contributed by atoms with Crippen LogP contribution in [0.15, 0.2) is 36.5 Å². The number of hydrogen-bond acceptors (Lipinski definition) is 4. The summed E-state index contributed by atoms with van der Waals surface area (Å²) in [5, 5.41) is 9.59. The minimum absolute atomic E-state index is 0.288. The molecule has 1 saturated heterocycles. The number of ether oxygens (including phenoxy) is 1. The van der Waals surface area contributed by atoms with Crippen molar-refractivity contribution in [2.24, 2.45) is 0 Å². The summed E-state index contributed by atoms with van der Waals surface area (Å²) in [4.78, 5) is 4.70. The summed E-state index contributed by atoms with van der Waals surface area (Å²) in [5.74, 6) is 0.965. The van der Waals surface area contributed by atoms with Crippen LogP contribution in [0.25, 0.3) is 22.2 Å². The van der Waals surface area contributed by atoms with Crippen LogP contribution in [0.3, 0.4) is 0 Å². The van der Waals surface area contributed by atoms with E-state index in [9.17, 15) is 0 Å². The molecule has 2 fully saturated rings. The molecule has 2 aromatic heterocycles. The fourth-order valence-electron chi connectivity index (χ4n) is 5.48. The van der Waals surface area contributed by atoms with Gasteiger partial charge >= 0.3 is 0 Å². The summed E-state index contributed by atoms with van der Waals surface area (Å²) in [7, 11) is 0. The molecule has 0 radical (unpaired) electrons. The Morgan fingerprint density at radius 2 is 2.00 bits per heavy atom. The van der Waals surface area contributed by atoms with Crippen LogP contribution in [0, 0.1) is 0 Å². The smallest absolute Gasteiger partial charge is 0.120 e. The van der Waals surface area contributed by atoms with E-state index in [0.29, 0.717) is 6.10 Å². The molecule has 1 saturated carbocycles. The van der Waals surface area contributed by atoms with Crippen molar-refractivity contribution in [3.8, 4) is 17.0 Å². The van der Waals surface area contributed by atoms with Crippen LogP contribution in [0.4, 0.5) is 0 Å². The molecule has 4 heterocycles. The van der Waals surface area contributed by atoms with Gasteiger partial charge in [-0.25, -0.2) is 0 Å². The summed E-state index contributed by atoms with van der Waals surface area (Å²) in [6, 6.07) is 10.8. The number of benzene rings is 1. The Morgan fingerprint density at radius 1 is 1.07 bits per heavy atom. The number of nitrogens with zero attached hydrogens (tertiary/aromatic N) is 3. The van der Waals surface area contributed by atoms with Crippen molar-refractivity contribution in [3.05, 3.63) is 42.2 Å². The molecule has 1 aromatic carbocycles. The molecule has 150 valence electrons. The molecule has 29 heavy (non-hydrogen) atoms. The van der Waals surface area contributed by atoms with E-state index in [1.807, 2.05) is 6.20 Å². The second-order valence-corrected chi connectivity index (χ2v) is 9.05. The van der Waals surface area contributed by atoms with E-state index in [1.54, 1.807) is 0 Å². The molecule has 1 spiro atoms. The van der Waals surface area contributed by atoms with Gasteiger partial charge in [0.05, 0.1) is 17.3 Å². The molecule has 5 heteroatoms. The first-order chi connectivity index (χ1) is 14.3. The molecule has 5 nitrogen and oxygen atoms in total. The quantitative estimate of drug-likeness (QED) is 0.720. The Hall–Kier alpha value is -2.40. The summed E-state index contributed by atoms with van der Waals surface area (Å²) in [5.41, 5.74) is 4.82. The van der Waals surface area contributed by atoms with Crippen LogP contribution in [-0.2, 0) is 12.0 Å². The highest BCUT2D eigenvalue weighted by Crippen LogP contribution is 2.41. The van der Waals surface area contributed by atoms with E-state index in [-0.39, 0.29) is 5.41 Å². The Morgan fingerprint density at radius 3 is 2.86 bits per heavy atom. The molecule has 1 atom stereocenters. The average molecular weight is 389 g/mol. The lowest BCUT2D eigenvalue weighted by Crippen LogP contribution is -2.25. The zero-order valence-electron chi connectivity index (χ0n) is 16.9. The zero-order chi connectivity index (χ0) is 19.3. The molecular formula is C24H28N4O. The fourth-order valence-corrected chi connectivity index (χ4v) is 5.48. The largest absolute Gasteiger partial charge is 0.490 e. The van der Waals surface area contributed by atoms with Gasteiger partial charge in [-0.1, -0.05) is 6.42 Å². The normalized spacial score (nSPS) is 24.4. The number of hydrogen-bond donors (Lipinski definition) is 1. The molecule has 0 bridgehead atoms. The minimum atomic E-state index is 0.288. The van der Waals surface area contributed by atoms with E-state index in [4.69, 9.17) is 14.8 Å². The van der Waals surface area contributed by atoms with Gasteiger partial charge < -0.3 is 10.1 Å². The first-order valence-corrected chi connectivity index (χ1v) is 11.2. The first-order valence-electron chi connectivity index (χ1n) is 11.2. The molecule has 3 aliphatic rings. The van der Waals surface area contributed by atoms with Gasteiger partial charge in [0, 0.05) is 41.3 Å². The maximum absolute atomic E-state index is 6.27. The predicted molar refractivity (Wildman–Crippen MR) is 114 cm³/mol. The average Bonchev–Trinajstić information content (AvgIpc) is 3.47. The van der Waals surface area contributed by atoms with Crippen molar-refractivity contribution in [2.45, 2.75) is 63.0 Å². The number of nitrogens with one attached hydrogen (secondary N) is 1. The summed E-state index contributed by atoms with van der Waals surface area (Å²) >= 11 is 0. The van der Waals surface area contributed by atoms with Gasteiger partial charge in [0.25, 0.3) is 0 Å². The first kappa shape index (κ1) is 17.5. The van der Waals surface area contributed by atoms with Crippen LogP contribution in [0.2, 0.25) is 0 Å². The van der Waals surface area contributed by atoms with Crippen LogP contribution < -0.4 is 10.1 Å². The van der Waals surface area contributed by atoms with E-state index in [1.165, 1.54) is 50.6 Å². The highest BCUT2D eigenvalue weighted by molar-refractivity contribution is 5.84. The standard InChI is InChI=1S/C24H28N4O/c1-2-4-19(5-3-1)29-20-6-7-21-17(13-20)12-18(15-26-21)22-14-23-24(8-10-25-16-24)9-11-28(23)27-22/h6-7,12-15,19,25H,1-5,8-11,16H2. The molecular weight excluding hydrogens is 360 g/mol. The van der Waals surface area contributed by atoms with Crippen molar-refractivity contribution >= 4 is 10.9 Å². The lowest BCUT2D eigenvalue weighted by atomic mass is 9.82. The number of aromatic nitrogens is 3. The molecule has 1 aliphatic carbocycles. The SMILES string of the molecule is c1cc2ncc(-c3cc4n(n3)CCC43CCNC3)cc2cc1OC1CCCCC1. The highest BCUT2D eigenvalue weighted by Gasteiger charge is 2.42. The van der Waals surface area contributed by atoms with Crippen molar-refractivity contribution in [2.75, 3.05) is 13.1 Å². The topological polar surface area (TPSA) is 52.0 Å². The Bertz CT molecular complexity index is 1040. The molecule has 6 rings (SSSR count). The van der Waals surface area contributed by atoms with Crippen molar-refractivity contribution < 1.29 is 4.74 Å². The summed E-state index contributed by atoms with van der Waals surface area (Å²) < 4.78 is 8.49. The Labute approximate surface area is 171 Å². The molecule has 3 aromatic rings. The lowest BCUT2D eigenvalue weighted by Gasteiger charge is -2.23. The van der Waals surface area contributed by atoms with Crippen LogP contribution >= 0.6 is 0 Å². The van der Waals surface area contributed by atoms with Gasteiger partial charge in [0.15, 0.2) is 0 Å². The molecule has 1 unspecified atom stereocenters. The van der Waals surface area contributed by atoms with Crippen LogP contribution in [0.5, 0.6) is 5.75 Å². The van der Waals surface area contributed by atoms with Crippen molar-refractivity contribution in [3.63, 3.8) is 0 Å². The number of rotatable bonds is 3. The Balaban J connectivity index is 1.31. The van der Waals surface area contributed by atoms with Crippen LogP contribution in [-0.4, -0.2) is 34.0 Å². The highest BCUT2D eigenvalue weighted by atomic mass is 16.5. The zero-order valence-corrected chi connectivity index (χ0v) is 16.9. The van der Waals surface area contributed by atoms with Crippen molar-refractivity contribution in [1.29, 1.82) is 0 Å². The minimum Gasteiger partial charge on any atom is -0.490 e. The van der Waals surface area contributed by atoms with E-state index >= 15 is 0 Å². The molecule has 2 aliphatic heterocycles. The second-order valence-electron chi connectivity index (χ2n) is 9.05. The Kier molecular flexibility index (Phi) is 4.12. The van der Waals surface area contributed by atoms with Gasteiger partial charge in [0.1, 0.15) is 5.75 Å². The van der Waals surface area contributed by atoms with E-state index in [0.717, 1.165) is 47.5 Å². The van der Waals surface area contributed by atoms with Gasteiger partial charge in [-0.05, 0) is 75.4 Å². The predicted octanol–water partition coefficient (Wildman–Crippen LogP) is 4.44. The van der Waals surface area contributed by atoms with Gasteiger partial charge in [-0.3, -0.25) is 9.67 Å². The summed E-state index contributed by atoms with van der Waals surface area (Å²) in [6.07, 6.45) is 11.0. The lowest BCUT2D eigenvalue weighted by molar-refractivity contribution is 0.155. The molecule has 0 amide bonds. The third kappa shape index (κ3) is 3.03. The third-order valence-electron chi connectivity index (χ3n) is 7.17. The number of pyridine rings is 1. The van der Waals surface area contributed by atoms with Crippen LogP contribution in [0.1, 0.15) is 50.6 Å². The maximum Gasteiger partial charge on any atom is 0.120 e. The third-order valence-corrected chi connectivity index (χ3v) is 7.17. The van der Waals surface area contributed by atoms with E-state index in [2.05, 4.69) is 40.3 Å². The molecule has 1 N–H and O–H groups in total. The number of fused-ring (bicyclic) bond motifs is 3. The number of aryl methyl sites for hydroxylation is 1. The summed E-state index contributed by atoms with van der Waals surface area (Å²) in [6.45, 7) is 3.22. The van der Waals surface area contributed by atoms with E-state index < -0.39 is 0 Å². The second kappa shape index (κ2) is 6.84. The monoisotopic (exact) mass is 388 g/mol. The van der Waals surface area contributed by atoms with Gasteiger partial charge in [-0.15, -0.1) is 0 Å². The van der Waals surface area contributed by atoms with Gasteiger partial charge in [-0.2, -0.15) is 5.10 Å². The fraction of sp³-hybridized carbons (Fsp3) is 0.500.